The summed E-state index contributed by atoms with van der Waals surface area (Å²) in [5.74, 6) is -0.397. The smallest absolute Gasteiger partial charge is 0.406 e. The Morgan fingerprint density at radius 1 is 1.21 bits per heavy atom. The third-order valence-electron chi connectivity index (χ3n) is 3.60. The summed E-state index contributed by atoms with van der Waals surface area (Å²) in [6.07, 6.45) is -3.80. The molecular weight excluding hydrogens is 341 g/mol. The van der Waals surface area contributed by atoms with Crippen molar-refractivity contribution in [1.82, 2.24) is 10.6 Å². The van der Waals surface area contributed by atoms with Gasteiger partial charge in [0.05, 0.1) is 4.88 Å². The highest BCUT2D eigenvalue weighted by Crippen LogP contribution is 2.31. The molecular formula is C16H15F3N2O2S. The molecule has 3 rings (SSSR count). The van der Waals surface area contributed by atoms with Crippen LogP contribution >= 0.6 is 11.3 Å². The summed E-state index contributed by atoms with van der Waals surface area (Å²) < 4.78 is 40.3. The fourth-order valence-electron chi connectivity index (χ4n) is 2.47. The number of benzene rings is 1. The van der Waals surface area contributed by atoms with Gasteiger partial charge in [-0.3, -0.25) is 4.79 Å². The molecule has 1 saturated heterocycles. The van der Waals surface area contributed by atoms with Crippen LogP contribution in [0.2, 0.25) is 0 Å². The molecule has 1 fully saturated rings. The molecule has 2 aromatic rings. The molecule has 1 aliphatic rings. The number of rotatable bonds is 4. The zero-order valence-corrected chi connectivity index (χ0v) is 13.3. The number of hydrogen-bond acceptors (Lipinski definition) is 4. The highest BCUT2D eigenvalue weighted by atomic mass is 32.1. The minimum atomic E-state index is -4.70. The number of hydrogen-bond donors (Lipinski definition) is 2. The summed E-state index contributed by atoms with van der Waals surface area (Å²) in [4.78, 5) is 13.6. The van der Waals surface area contributed by atoms with Crippen molar-refractivity contribution in [2.75, 3.05) is 13.1 Å². The third kappa shape index (κ3) is 4.27. The lowest BCUT2D eigenvalue weighted by Gasteiger charge is -2.09. The second-order valence-corrected chi connectivity index (χ2v) is 6.48. The molecule has 1 aromatic heterocycles. The van der Waals surface area contributed by atoms with E-state index in [9.17, 15) is 18.0 Å². The van der Waals surface area contributed by atoms with Crippen molar-refractivity contribution in [3.05, 3.63) is 41.3 Å². The van der Waals surface area contributed by atoms with E-state index in [2.05, 4.69) is 15.4 Å². The number of alkyl halides is 3. The van der Waals surface area contributed by atoms with Gasteiger partial charge < -0.3 is 15.4 Å². The Kier molecular flexibility index (Phi) is 4.77. The van der Waals surface area contributed by atoms with Crippen LogP contribution in [-0.2, 0) is 0 Å². The Balaban J connectivity index is 1.67. The molecule has 1 aromatic carbocycles. The Hall–Kier alpha value is -2.06. The molecule has 0 radical (unpaired) electrons. The van der Waals surface area contributed by atoms with Crippen molar-refractivity contribution >= 4 is 17.2 Å². The van der Waals surface area contributed by atoms with E-state index in [1.54, 1.807) is 12.1 Å². The molecule has 2 N–H and O–H groups in total. The first-order chi connectivity index (χ1) is 11.4. The van der Waals surface area contributed by atoms with Gasteiger partial charge >= 0.3 is 6.36 Å². The van der Waals surface area contributed by atoms with Gasteiger partial charge in [0.1, 0.15) is 5.75 Å². The van der Waals surface area contributed by atoms with E-state index in [1.807, 2.05) is 0 Å². The van der Waals surface area contributed by atoms with Crippen LogP contribution in [0.25, 0.3) is 10.4 Å². The number of carbonyl (C=O) groups excluding carboxylic acids is 1. The molecule has 0 aliphatic carbocycles. The van der Waals surface area contributed by atoms with Gasteiger partial charge in [-0.1, -0.05) is 0 Å². The minimum absolute atomic E-state index is 0.128. The van der Waals surface area contributed by atoms with E-state index in [4.69, 9.17) is 0 Å². The van der Waals surface area contributed by atoms with Crippen LogP contribution in [0.1, 0.15) is 16.1 Å². The molecule has 1 unspecified atom stereocenters. The summed E-state index contributed by atoms with van der Waals surface area (Å²) >= 11 is 1.30. The maximum absolute atomic E-state index is 12.2. The van der Waals surface area contributed by atoms with E-state index in [-0.39, 0.29) is 17.7 Å². The predicted molar refractivity (Wildman–Crippen MR) is 85.2 cm³/mol. The molecule has 24 heavy (non-hydrogen) atoms. The van der Waals surface area contributed by atoms with Gasteiger partial charge in [0.25, 0.3) is 5.91 Å². The van der Waals surface area contributed by atoms with Gasteiger partial charge in [-0.2, -0.15) is 0 Å². The molecule has 0 spiro atoms. The lowest BCUT2D eigenvalue weighted by Crippen LogP contribution is -2.35. The van der Waals surface area contributed by atoms with Crippen LogP contribution in [0, 0.1) is 0 Å². The van der Waals surface area contributed by atoms with Crippen molar-refractivity contribution < 1.29 is 22.7 Å². The third-order valence-corrected chi connectivity index (χ3v) is 4.73. The average Bonchev–Trinajstić information content (AvgIpc) is 3.17. The molecule has 1 aliphatic heterocycles. The van der Waals surface area contributed by atoms with Gasteiger partial charge in [-0.25, -0.2) is 0 Å². The second-order valence-electron chi connectivity index (χ2n) is 5.40. The summed E-state index contributed by atoms with van der Waals surface area (Å²) in [6, 6.07) is 9.23. The number of halogens is 3. The van der Waals surface area contributed by atoms with Crippen molar-refractivity contribution in [2.24, 2.45) is 0 Å². The SMILES string of the molecule is O=C(NC1CCNC1)c1ccc(-c2ccc(OC(F)(F)F)cc2)s1. The topological polar surface area (TPSA) is 50.4 Å². The highest BCUT2D eigenvalue weighted by molar-refractivity contribution is 7.17. The summed E-state index contributed by atoms with van der Waals surface area (Å²) in [5.41, 5.74) is 0.733. The van der Waals surface area contributed by atoms with Crippen molar-refractivity contribution in [2.45, 2.75) is 18.8 Å². The molecule has 4 nitrogen and oxygen atoms in total. The normalized spacial score (nSPS) is 17.7. The standard InChI is InChI=1S/C16H15F3N2O2S/c17-16(18,19)23-12-3-1-10(2-4-12)13-5-6-14(24-13)15(22)21-11-7-8-20-9-11/h1-6,11,20H,7-9H2,(H,21,22). The van der Waals surface area contributed by atoms with E-state index in [0.717, 1.165) is 30.0 Å². The summed E-state index contributed by atoms with van der Waals surface area (Å²) in [6.45, 7) is 1.66. The Bertz CT molecular complexity index is 707. The summed E-state index contributed by atoms with van der Waals surface area (Å²) in [5, 5.41) is 6.14. The van der Waals surface area contributed by atoms with Crippen LogP contribution in [0.3, 0.4) is 0 Å². The Morgan fingerprint density at radius 2 is 1.96 bits per heavy atom. The second kappa shape index (κ2) is 6.82. The quantitative estimate of drug-likeness (QED) is 0.883. The van der Waals surface area contributed by atoms with Crippen LogP contribution in [0.5, 0.6) is 5.75 Å². The zero-order valence-electron chi connectivity index (χ0n) is 12.5. The van der Waals surface area contributed by atoms with Gasteiger partial charge in [-0.05, 0) is 54.9 Å². The molecule has 0 bridgehead atoms. The van der Waals surface area contributed by atoms with Crippen LogP contribution in [0.4, 0.5) is 13.2 Å². The van der Waals surface area contributed by atoms with Crippen LogP contribution in [-0.4, -0.2) is 31.4 Å². The van der Waals surface area contributed by atoms with Gasteiger partial charge in [-0.15, -0.1) is 24.5 Å². The number of ether oxygens (including phenoxy) is 1. The largest absolute Gasteiger partial charge is 0.573 e. The zero-order chi connectivity index (χ0) is 17.2. The van der Waals surface area contributed by atoms with Crippen LogP contribution in [0.15, 0.2) is 36.4 Å². The number of thiophene rings is 1. The first-order valence-corrected chi connectivity index (χ1v) is 8.20. The molecule has 2 heterocycles. The van der Waals surface area contributed by atoms with E-state index in [1.165, 1.54) is 35.6 Å². The van der Waals surface area contributed by atoms with Gasteiger partial charge in [0.15, 0.2) is 0 Å². The van der Waals surface area contributed by atoms with Gasteiger partial charge in [0, 0.05) is 17.5 Å². The van der Waals surface area contributed by atoms with Crippen molar-refractivity contribution in [3.8, 4) is 16.2 Å². The van der Waals surface area contributed by atoms with Crippen LogP contribution < -0.4 is 15.4 Å². The molecule has 128 valence electrons. The summed E-state index contributed by atoms with van der Waals surface area (Å²) in [7, 11) is 0. The lowest BCUT2D eigenvalue weighted by atomic mass is 10.2. The minimum Gasteiger partial charge on any atom is -0.406 e. The monoisotopic (exact) mass is 356 g/mol. The predicted octanol–water partition coefficient (Wildman–Crippen LogP) is 3.41. The van der Waals surface area contributed by atoms with E-state index >= 15 is 0 Å². The number of amides is 1. The van der Waals surface area contributed by atoms with Gasteiger partial charge in [0.2, 0.25) is 0 Å². The number of nitrogens with one attached hydrogen (secondary N) is 2. The molecule has 1 atom stereocenters. The molecule has 0 saturated carbocycles. The maximum atomic E-state index is 12.2. The Morgan fingerprint density at radius 3 is 2.58 bits per heavy atom. The fourth-order valence-corrected chi connectivity index (χ4v) is 3.38. The van der Waals surface area contributed by atoms with Crippen molar-refractivity contribution in [3.63, 3.8) is 0 Å². The molecule has 8 heteroatoms. The number of carbonyl (C=O) groups is 1. The fraction of sp³-hybridized carbons (Fsp3) is 0.312. The van der Waals surface area contributed by atoms with E-state index < -0.39 is 6.36 Å². The Labute approximate surface area is 140 Å². The maximum Gasteiger partial charge on any atom is 0.573 e. The first-order valence-electron chi connectivity index (χ1n) is 7.38. The van der Waals surface area contributed by atoms with Crippen molar-refractivity contribution in [1.29, 1.82) is 0 Å². The lowest BCUT2D eigenvalue weighted by molar-refractivity contribution is -0.274. The highest BCUT2D eigenvalue weighted by Gasteiger charge is 2.31. The average molecular weight is 356 g/mol. The first kappa shape index (κ1) is 16.8. The van der Waals surface area contributed by atoms with E-state index in [0.29, 0.717) is 4.88 Å². The molecule has 1 amide bonds.